The van der Waals surface area contributed by atoms with Gasteiger partial charge in [0.05, 0.1) is 5.56 Å². The van der Waals surface area contributed by atoms with Crippen LogP contribution in [0.3, 0.4) is 0 Å². The maximum absolute atomic E-state index is 12.6. The SMILES string of the molecule is Nc1ccc2[nH]cc(C(=O)NC3CCN4CCCC34)c2c1. The molecule has 2 fully saturated rings. The molecule has 2 aromatic rings. The Morgan fingerprint density at radius 3 is 3.14 bits per heavy atom. The van der Waals surface area contributed by atoms with Crippen molar-refractivity contribution in [3.8, 4) is 0 Å². The van der Waals surface area contributed by atoms with Gasteiger partial charge in [0, 0.05) is 41.4 Å². The minimum absolute atomic E-state index is 0.00519. The van der Waals surface area contributed by atoms with Crippen LogP contribution in [0.2, 0.25) is 0 Å². The summed E-state index contributed by atoms with van der Waals surface area (Å²) in [6, 6.07) is 6.43. The molecule has 0 aliphatic carbocycles. The van der Waals surface area contributed by atoms with E-state index in [4.69, 9.17) is 5.73 Å². The number of carbonyl (C=O) groups excluding carboxylic acids is 1. The summed E-state index contributed by atoms with van der Waals surface area (Å²) in [5.74, 6) is 0.00519. The van der Waals surface area contributed by atoms with Crippen LogP contribution >= 0.6 is 0 Å². The van der Waals surface area contributed by atoms with Gasteiger partial charge < -0.3 is 16.0 Å². The highest BCUT2D eigenvalue weighted by molar-refractivity contribution is 6.07. The number of anilines is 1. The fourth-order valence-electron chi connectivity index (χ4n) is 3.82. The van der Waals surface area contributed by atoms with E-state index >= 15 is 0 Å². The molecule has 0 spiro atoms. The Balaban J connectivity index is 1.57. The molecule has 2 unspecified atom stereocenters. The highest BCUT2D eigenvalue weighted by Gasteiger charge is 2.38. The molecule has 0 radical (unpaired) electrons. The molecule has 2 aliphatic rings. The van der Waals surface area contributed by atoms with E-state index in [1.54, 1.807) is 6.20 Å². The number of amides is 1. The minimum atomic E-state index is 0.00519. The zero-order valence-electron chi connectivity index (χ0n) is 11.9. The Bertz CT molecular complexity index is 693. The van der Waals surface area contributed by atoms with Crippen LogP contribution in [0, 0.1) is 0 Å². The quantitative estimate of drug-likeness (QED) is 0.735. The predicted octanol–water partition coefficient (Wildman–Crippen LogP) is 1.72. The second-order valence-electron chi connectivity index (χ2n) is 6.12. The van der Waals surface area contributed by atoms with Crippen molar-refractivity contribution >= 4 is 22.5 Å². The Morgan fingerprint density at radius 2 is 2.24 bits per heavy atom. The van der Waals surface area contributed by atoms with Crippen LogP contribution in [0.25, 0.3) is 10.9 Å². The smallest absolute Gasteiger partial charge is 0.253 e. The summed E-state index contributed by atoms with van der Waals surface area (Å²) in [7, 11) is 0. The second kappa shape index (κ2) is 4.77. The molecule has 5 heteroatoms. The van der Waals surface area contributed by atoms with Gasteiger partial charge in [0.1, 0.15) is 0 Å². The van der Waals surface area contributed by atoms with Crippen molar-refractivity contribution in [2.75, 3.05) is 18.8 Å². The van der Waals surface area contributed by atoms with Crippen LogP contribution in [-0.2, 0) is 0 Å². The molecular weight excluding hydrogens is 264 g/mol. The summed E-state index contributed by atoms with van der Waals surface area (Å²) < 4.78 is 0. The van der Waals surface area contributed by atoms with Crippen molar-refractivity contribution < 1.29 is 4.79 Å². The molecule has 5 nitrogen and oxygen atoms in total. The van der Waals surface area contributed by atoms with Gasteiger partial charge in [-0.2, -0.15) is 0 Å². The van der Waals surface area contributed by atoms with Crippen LogP contribution in [0.4, 0.5) is 5.69 Å². The number of hydrogen-bond acceptors (Lipinski definition) is 3. The molecule has 1 aromatic carbocycles. The summed E-state index contributed by atoms with van der Waals surface area (Å²) in [5.41, 5.74) is 8.15. The normalized spacial score (nSPS) is 25.3. The lowest BCUT2D eigenvalue weighted by Crippen LogP contribution is -2.42. The van der Waals surface area contributed by atoms with Gasteiger partial charge in [0.25, 0.3) is 5.91 Å². The van der Waals surface area contributed by atoms with Gasteiger partial charge in [0.2, 0.25) is 0 Å². The molecule has 4 rings (SSSR count). The van der Waals surface area contributed by atoms with Gasteiger partial charge >= 0.3 is 0 Å². The molecule has 0 bridgehead atoms. The number of rotatable bonds is 2. The fourth-order valence-corrected chi connectivity index (χ4v) is 3.82. The van der Waals surface area contributed by atoms with Crippen molar-refractivity contribution in [1.82, 2.24) is 15.2 Å². The van der Waals surface area contributed by atoms with Gasteiger partial charge in [0.15, 0.2) is 0 Å². The van der Waals surface area contributed by atoms with Crippen molar-refractivity contribution in [2.45, 2.75) is 31.3 Å². The van der Waals surface area contributed by atoms with E-state index in [1.165, 1.54) is 19.4 Å². The number of nitrogens with two attached hydrogens (primary N) is 1. The highest BCUT2D eigenvalue weighted by atomic mass is 16.1. The maximum Gasteiger partial charge on any atom is 0.253 e. The average Bonchev–Trinajstić information content (AvgIpc) is 3.14. The molecule has 110 valence electrons. The number of hydrogen-bond donors (Lipinski definition) is 3. The molecule has 2 saturated heterocycles. The van der Waals surface area contributed by atoms with Crippen molar-refractivity contribution in [3.63, 3.8) is 0 Å². The largest absolute Gasteiger partial charge is 0.399 e. The first-order chi connectivity index (χ1) is 10.2. The summed E-state index contributed by atoms with van der Waals surface area (Å²) in [6.07, 6.45) is 5.29. The third kappa shape index (κ3) is 2.08. The van der Waals surface area contributed by atoms with E-state index in [-0.39, 0.29) is 11.9 Å². The fraction of sp³-hybridized carbons (Fsp3) is 0.438. The van der Waals surface area contributed by atoms with E-state index in [0.717, 1.165) is 23.9 Å². The van der Waals surface area contributed by atoms with Crippen molar-refractivity contribution in [2.24, 2.45) is 0 Å². The van der Waals surface area contributed by atoms with Crippen molar-refractivity contribution in [3.05, 3.63) is 30.0 Å². The summed E-state index contributed by atoms with van der Waals surface area (Å²) in [6.45, 7) is 2.29. The zero-order valence-corrected chi connectivity index (χ0v) is 11.9. The van der Waals surface area contributed by atoms with Gasteiger partial charge in [-0.05, 0) is 44.0 Å². The van der Waals surface area contributed by atoms with Crippen LogP contribution in [-0.4, -0.2) is 41.0 Å². The summed E-state index contributed by atoms with van der Waals surface area (Å²) in [4.78, 5) is 18.2. The molecule has 3 heterocycles. The third-order valence-electron chi connectivity index (χ3n) is 4.87. The molecule has 0 saturated carbocycles. The van der Waals surface area contributed by atoms with E-state index in [0.29, 0.717) is 17.3 Å². The molecule has 2 atom stereocenters. The first-order valence-electron chi connectivity index (χ1n) is 7.64. The number of aromatic amines is 1. The number of carbonyl (C=O) groups is 1. The molecule has 4 N–H and O–H groups in total. The molecule has 2 aliphatic heterocycles. The molecule has 1 aromatic heterocycles. The first kappa shape index (κ1) is 12.7. The Morgan fingerprint density at radius 1 is 1.33 bits per heavy atom. The van der Waals surface area contributed by atoms with Gasteiger partial charge in [-0.25, -0.2) is 0 Å². The van der Waals surface area contributed by atoms with Crippen LogP contribution in [0.1, 0.15) is 29.6 Å². The number of fused-ring (bicyclic) bond motifs is 2. The lowest BCUT2D eigenvalue weighted by atomic mass is 10.1. The van der Waals surface area contributed by atoms with Gasteiger partial charge in [-0.3, -0.25) is 9.69 Å². The molecule has 1 amide bonds. The summed E-state index contributed by atoms with van der Waals surface area (Å²) in [5, 5.41) is 4.12. The number of H-pyrrole nitrogens is 1. The molecular formula is C16H20N4O. The van der Waals surface area contributed by atoms with Crippen LogP contribution in [0.15, 0.2) is 24.4 Å². The lowest BCUT2D eigenvalue weighted by molar-refractivity contribution is 0.0931. The Kier molecular flexibility index (Phi) is 2.89. The van der Waals surface area contributed by atoms with Crippen LogP contribution < -0.4 is 11.1 Å². The monoisotopic (exact) mass is 284 g/mol. The lowest BCUT2D eigenvalue weighted by Gasteiger charge is -2.21. The number of nitrogen functional groups attached to an aromatic ring is 1. The third-order valence-corrected chi connectivity index (χ3v) is 4.87. The molecule has 21 heavy (non-hydrogen) atoms. The van der Waals surface area contributed by atoms with E-state index in [1.807, 2.05) is 18.2 Å². The number of benzene rings is 1. The van der Waals surface area contributed by atoms with Crippen molar-refractivity contribution in [1.29, 1.82) is 0 Å². The predicted molar refractivity (Wildman–Crippen MR) is 83.2 cm³/mol. The van der Waals surface area contributed by atoms with E-state index in [2.05, 4.69) is 15.2 Å². The number of nitrogens with one attached hydrogen (secondary N) is 2. The van der Waals surface area contributed by atoms with Crippen LogP contribution in [0.5, 0.6) is 0 Å². The van der Waals surface area contributed by atoms with Gasteiger partial charge in [-0.1, -0.05) is 0 Å². The standard InChI is InChI=1S/C16H20N4O/c17-10-3-4-13-11(8-10)12(9-18-13)16(21)19-14-5-7-20-6-1-2-15(14)20/h3-4,8-9,14-15,18H,1-2,5-7,17H2,(H,19,21). The number of nitrogens with zero attached hydrogens (tertiary/aromatic N) is 1. The number of aromatic nitrogens is 1. The highest BCUT2D eigenvalue weighted by Crippen LogP contribution is 2.28. The topological polar surface area (TPSA) is 74.1 Å². The van der Waals surface area contributed by atoms with E-state index in [9.17, 15) is 4.79 Å². The minimum Gasteiger partial charge on any atom is -0.399 e. The zero-order chi connectivity index (χ0) is 14.4. The van der Waals surface area contributed by atoms with E-state index < -0.39 is 0 Å². The Labute approximate surface area is 123 Å². The average molecular weight is 284 g/mol. The van der Waals surface area contributed by atoms with Gasteiger partial charge in [-0.15, -0.1) is 0 Å². The maximum atomic E-state index is 12.6. The Hall–Kier alpha value is -2.01. The second-order valence-corrected chi connectivity index (χ2v) is 6.12. The first-order valence-corrected chi connectivity index (χ1v) is 7.64. The summed E-state index contributed by atoms with van der Waals surface area (Å²) >= 11 is 0.